The first-order valence-electron chi connectivity index (χ1n) is 9.76. The van der Waals surface area contributed by atoms with E-state index in [0.717, 1.165) is 40.2 Å². The van der Waals surface area contributed by atoms with Crippen LogP contribution in [-0.4, -0.2) is 81.6 Å². The molecule has 0 spiro atoms. The first-order valence-corrected chi connectivity index (χ1v) is 11.3. The van der Waals surface area contributed by atoms with Crippen molar-refractivity contribution in [2.45, 2.75) is 64.6 Å². The molecule has 14 nitrogen and oxygen atoms in total. The fourth-order valence-electron chi connectivity index (χ4n) is 3.06. The zero-order valence-corrected chi connectivity index (χ0v) is 19.5. The van der Waals surface area contributed by atoms with E-state index in [9.17, 15) is 28.6 Å². The van der Waals surface area contributed by atoms with Crippen molar-refractivity contribution in [1.82, 2.24) is 9.32 Å². The Kier molecular flexibility index (Phi) is 9.27. The van der Waals surface area contributed by atoms with Crippen molar-refractivity contribution in [1.29, 1.82) is 0 Å². The first-order chi connectivity index (χ1) is 15.8. The molecule has 1 aromatic heterocycles. The average molecular weight is 510 g/mol. The fraction of sp³-hybridized carbons (Fsp3) is 0.611. The first kappa shape index (κ1) is 27.4. The van der Waals surface area contributed by atoms with Gasteiger partial charge in [0, 0.05) is 40.1 Å². The third kappa shape index (κ3) is 7.32. The second-order valence-corrected chi connectivity index (χ2v) is 8.70. The third-order valence-corrected chi connectivity index (χ3v) is 5.57. The number of nitrogens with zero attached hydrogens (tertiary/aromatic N) is 2. The van der Waals surface area contributed by atoms with Crippen LogP contribution in [-0.2, 0) is 52.0 Å². The summed E-state index contributed by atoms with van der Waals surface area (Å²) in [6, 6.07) is 0. The molecule has 16 heteroatoms. The SMILES string of the molecule is CC(=O)OC[C@H](F)[C@H]1O[C@@H](OP(=O)(O)n2ccnc2)[C@@H](OC(C)=O)[C@@H](OC(C)=O)[C@@H]1OC(C)=O. The number of rotatable bonds is 9. The maximum absolute atomic E-state index is 15.1. The van der Waals surface area contributed by atoms with Crippen molar-refractivity contribution in [3.63, 3.8) is 0 Å². The van der Waals surface area contributed by atoms with Crippen molar-refractivity contribution in [3.8, 4) is 0 Å². The fourth-order valence-corrected chi connectivity index (χ4v) is 4.03. The molecular weight excluding hydrogens is 486 g/mol. The van der Waals surface area contributed by atoms with E-state index in [-0.39, 0.29) is 0 Å². The van der Waals surface area contributed by atoms with Gasteiger partial charge in [-0.25, -0.2) is 18.3 Å². The molecule has 0 amide bonds. The van der Waals surface area contributed by atoms with Crippen LogP contribution >= 0.6 is 7.75 Å². The lowest BCUT2D eigenvalue weighted by Gasteiger charge is -2.45. The number of imidazole rings is 1. The van der Waals surface area contributed by atoms with Crippen LogP contribution in [0, 0.1) is 0 Å². The van der Waals surface area contributed by atoms with Crippen molar-refractivity contribution < 1.29 is 61.2 Å². The van der Waals surface area contributed by atoms with Crippen LogP contribution in [0.25, 0.3) is 0 Å². The number of esters is 4. The predicted molar refractivity (Wildman–Crippen MR) is 105 cm³/mol. The molecular formula is C18H24FN2O12P. The molecule has 1 aromatic rings. The molecule has 0 radical (unpaired) electrons. The number of carbonyl (C=O) groups excluding carboxylic acids is 4. The lowest BCUT2D eigenvalue weighted by atomic mass is 9.95. The molecule has 34 heavy (non-hydrogen) atoms. The van der Waals surface area contributed by atoms with E-state index in [4.69, 9.17) is 23.5 Å². The molecule has 1 unspecified atom stereocenters. The highest BCUT2D eigenvalue weighted by atomic mass is 31.2. The van der Waals surface area contributed by atoms with Gasteiger partial charge in [0.05, 0.1) is 0 Å². The average Bonchev–Trinajstić information content (AvgIpc) is 3.25. The highest BCUT2D eigenvalue weighted by Crippen LogP contribution is 2.47. The van der Waals surface area contributed by atoms with Gasteiger partial charge in [0.25, 0.3) is 0 Å². The minimum Gasteiger partial charge on any atom is -0.463 e. The summed E-state index contributed by atoms with van der Waals surface area (Å²) in [6.07, 6.45) is -8.04. The van der Waals surface area contributed by atoms with Crippen LogP contribution in [0.1, 0.15) is 27.7 Å². The summed E-state index contributed by atoms with van der Waals surface area (Å²) >= 11 is 0. The summed E-state index contributed by atoms with van der Waals surface area (Å²) in [5.74, 6) is -3.67. The Morgan fingerprint density at radius 1 is 1.03 bits per heavy atom. The number of alkyl halides is 1. The lowest BCUT2D eigenvalue weighted by molar-refractivity contribution is -0.295. The largest absolute Gasteiger partial charge is 0.463 e. The summed E-state index contributed by atoms with van der Waals surface area (Å²) in [7, 11) is -4.76. The van der Waals surface area contributed by atoms with Crippen LogP contribution in [0.4, 0.5) is 4.39 Å². The van der Waals surface area contributed by atoms with Crippen molar-refractivity contribution in [2.24, 2.45) is 0 Å². The Balaban J connectivity index is 2.51. The van der Waals surface area contributed by atoms with Gasteiger partial charge in [-0.2, -0.15) is 0 Å². The Morgan fingerprint density at radius 3 is 2.09 bits per heavy atom. The molecule has 190 valence electrons. The Morgan fingerprint density at radius 2 is 1.59 bits per heavy atom. The lowest BCUT2D eigenvalue weighted by Crippen LogP contribution is -2.64. The number of aromatic nitrogens is 2. The number of hydrogen-bond acceptors (Lipinski definition) is 12. The number of hydrogen-bond donors (Lipinski definition) is 1. The van der Waals surface area contributed by atoms with Crippen LogP contribution in [0.15, 0.2) is 18.7 Å². The molecule has 1 aliphatic heterocycles. The minimum absolute atomic E-state index is 0.682. The van der Waals surface area contributed by atoms with Crippen LogP contribution < -0.4 is 0 Å². The quantitative estimate of drug-likeness (QED) is 0.272. The molecule has 1 aliphatic rings. The van der Waals surface area contributed by atoms with Crippen molar-refractivity contribution >= 4 is 31.6 Å². The van der Waals surface area contributed by atoms with Gasteiger partial charge in [-0.05, 0) is 0 Å². The molecule has 1 saturated heterocycles. The smallest absolute Gasteiger partial charge is 0.440 e. The molecule has 2 heterocycles. The van der Waals surface area contributed by atoms with Crippen molar-refractivity contribution in [3.05, 3.63) is 18.7 Å². The number of ether oxygens (including phenoxy) is 5. The van der Waals surface area contributed by atoms with Gasteiger partial charge < -0.3 is 28.6 Å². The third-order valence-electron chi connectivity index (χ3n) is 4.26. The van der Waals surface area contributed by atoms with Gasteiger partial charge in [0.2, 0.25) is 6.29 Å². The monoisotopic (exact) mass is 510 g/mol. The summed E-state index contributed by atoms with van der Waals surface area (Å²) in [4.78, 5) is 60.3. The van der Waals surface area contributed by atoms with Gasteiger partial charge in [0.1, 0.15) is 19.0 Å². The molecule has 0 aliphatic carbocycles. The van der Waals surface area contributed by atoms with E-state index in [1.165, 1.54) is 6.20 Å². The number of halogens is 1. The molecule has 7 atom stereocenters. The second kappa shape index (κ2) is 11.5. The molecule has 0 saturated carbocycles. The zero-order chi connectivity index (χ0) is 25.6. The normalized spacial score (nSPS) is 27.1. The van der Waals surface area contributed by atoms with E-state index in [1.54, 1.807) is 0 Å². The summed E-state index contributed by atoms with van der Waals surface area (Å²) in [5, 5.41) is 0. The molecule has 1 N–H and O–H groups in total. The molecule has 2 rings (SSSR count). The van der Waals surface area contributed by atoms with E-state index in [1.807, 2.05) is 0 Å². The van der Waals surface area contributed by atoms with E-state index >= 15 is 4.39 Å². The topological polar surface area (TPSA) is 179 Å². The van der Waals surface area contributed by atoms with Gasteiger partial charge in [-0.1, -0.05) is 0 Å². The molecule has 1 fully saturated rings. The van der Waals surface area contributed by atoms with E-state index in [0.29, 0.717) is 4.34 Å². The van der Waals surface area contributed by atoms with Gasteiger partial charge >= 0.3 is 31.6 Å². The van der Waals surface area contributed by atoms with Gasteiger partial charge in [0.15, 0.2) is 24.5 Å². The zero-order valence-electron chi connectivity index (χ0n) is 18.6. The Labute approximate surface area is 192 Å². The Hall–Kier alpha value is -2.87. The van der Waals surface area contributed by atoms with Crippen LogP contribution in [0.5, 0.6) is 0 Å². The summed E-state index contributed by atoms with van der Waals surface area (Å²) in [5.41, 5.74) is 0. The Bertz CT molecular complexity index is 941. The maximum atomic E-state index is 15.1. The van der Waals surface area contributed by atoms with E-state index < -0.39 is 75.1 Å². The maximum Gasteiger partial charge on any atom is 0.440 e. The second-order valence-electron chi connectivity index (χ2n) is 7.05. The van der Waals surface area contributed by atoms with E-state index in [2.05, 4.69) is 9.72 Å². The number of carbonyl (C=O) groups is 4. The van der Waals surface area contributed by atoms with Gasteiger partial charge in [-0.3, -0.25) is 23.7 Å². The van der Waals surface area contributed by atoms with Crippen LogP contribution in [0.2, 0.25) is 0 Å². The molecule has 0 bridgehead atoms. The minimum atomic E-state index is -4.76. The highest BCUT2D eigenvalue weighted by Gasteiger charge is 2.56. The predicted octanol–water partition coefficient (Wildman–Crippen LogP) is 0.269. The summed E-state index contributed by atoms with van der Waals surface area (Å²) < 4.78 is 59.0. The van der Waals surface area contributed by atoms with Crippen molar-refractivity contribution in [2.75, 3.05) is 6.61 Å². The van der Waals surface area contributed by atoms with Crippen LogP contribution in [0.3, 0.4) is 0 Å². The highest BCUT2D eigenvalue weighted by molar-refractivity contribution is 7.51. The molecule has 0 aromatic carbocycles. The van der Waals surface area contributed by atoms with Gasteiger partial charge in [-0.15, -0.1) is 0 Å². The standard InChI is InChI=1S/C18H24FN2O12P/c1-9(22)28-7-13(19)14-15(29-10(2)23)16(30-11(3)24)17(31-12(4)25)18(32-14)33-34(26,27)21-6-5-20-8-21/h5-6,8,13-18H,7H2,1-4H3,(H,26,27)/t13-,14+,15+,16-,17-,18-/m0/s1. The summed E-state index contributed by atoms with van der Waals surface area (Å²) in [6.45, 7) is 3.08.